The summed E-state index contributed by atoms with van der Waals surface area (Å²) in [5, 5.41) is 18.2. The molecule has 0 aromatic rings. The molecular weight excluding hydrogens is 247 g/mol. The van der Waals surface area contributed by atoms with Gasteiger partial charge in [0.1, 0.15) is 6.04 Å². The molecule has 0 aromatic carbocycles. The summed E-state index contributed by atoms with van der Waals surface area (Å²) in [4.78, 5) is 21.0. The van der Waals surface area contributed by atoms with Gasteiger partial charge in [-0.1, -0.05) is 0 Å². The fraction of sp³-hybridized carbons (Fsp3) is 0.750. The van der Waals surface area contributed by atoms with Crippen molar-refractivity contribution in [3.63, 3.8) is 0 Å². The molecule has 0 radical (unpaired) electrons. The maximum Gasteiger partial charge on any atom is 0.471 e. The average Bonchev–Trinajstić information content (AvgIpc) is 2.20. The van der Waals surface area contributed by atoms with Crippen molar-refractivity contribution < 1.29 is 37.7 Å². The molecule has 6 nitrogen and oxygen atoms in total. The van der Waals surface area contributed by atoms with E-state index in [-0.39, 0.29) is 26.2 Å². The number of carbonyl (C=O) groups excluding carboxylic acids is 1. The summed E-state index contributed by atoms with van der Waals surface area (Å²) >= 11 is 0. The van der Waals surface area contributed by atoms with Gasteiger partial charge in [-0.25, -0.2) is 4.79 Å². The third kappa shape index (κ3) is 6.74. The molecule has 0 rings (SSSR count). The first kappa shape index (κ1) is 15.7. The minimum absolute atomic E-state index is 0.0560. The van der Waals surface area contributed by atoms with E-state index in [0.29, 0.717) is 0 Å². The van der Waals surface area contributed by atoms with Crippen LogP contribution < -0.4 is 5.32 Å². The van der Waals surface area contributed by atoms with Crippen LogP contribution in [-0.2, 0) is 14.3 Å². The normalized spacial score (nSPS) is 13.2. The SMILES string of the molecule is O=C(O)C(CCOCCO)NC(=O)C(F)(F)F. The van der Waals surface area contributed by atoms with Gasteiger partial charge in [-0.2, -0.15) is 13.2 Å². The number of nitrogens with one attached hydrogen (secondary N) is 1. The zero-order valence-corrected chi connectivity index (χ0v) is 8.66. The van der Waals surface area contributed by atoms with Crippen molar-refractivity contribution in [2.24, 2.45) is 0 Å². The van der Waals surface area contributed by atoms with Crippen molar-refractivity contribution in [3.8, 4) is 0 Å². The zero-order valence-electron chi connectivity index (χ0n) is 8.66. The third-order valence-corrected chi connectivity index (χ3v) is 1.65. The van der Waals surface area contributed by atoms with Gasteiger partial charge in [0.15, 0.2) is 0 Å². The Morgan fingerprint density at radius 1 is 1.29 bits per heavy atom. The van der Waals surface area contributed by atoms with E-state index in [2.05, 4.69) is 4.74 Å². The van der Waals surface area contributed by atoms with Gasteiger partial charge in [0.2, 0.25) is 0 Å². The number of amides is 1. The van der Waals surface area contributed by atoms with E-state index in [9.17, 15) is 22.8 Å². The summed E-state index contributed by atoms with van der Waals surface area (Å²) in [6.07, 6.45) is -5.45. The lowest BCUT2D eigenvalue weighted by Crippen LogP contribution is -2.47. The van der Waals surface area contributed by atoms with Gasteiger partial charge in [0.05, 0.1) is 13.2 Å². The highest BCUT2D eigenvalue weighted by Gasteiger charge is 2.40. The number of alkyl halides is 3. The number of rotatable bonds is 7. The second-order valence-electron chi connectivity index (χ2n) is 2.99. The lowest BCUT2D eigenvalue weighted by atomic mass is 10.2. The van der Waals surface area contributed by atoms with E-state index in [4.69, 9.17) is 10.2 Å². The number of carbonyl (C=O) groups is 2. The molecule has 1 atom stereocenters. The van der Waals surface area contributed by atoms with Crippen molar-refractivity contribution in [2.75, 3.05) is 19.8 Å². The summed E-state index contributed by atoms with van der Waals surface area (Å²) in [6, 6.07) is -1.68. The van der Waals surface area contributed by atoms with Gasteiger partial charge in [0, 0.05) is 13.0 Å². The lowest BCUT2D eigenvalue weighted by molar-refractivity contribution is -0.175. The molecule has 0 fully saturated rings. The molecule has 0 aliphatic carbocycles. The molecule has 100 valence electrons. The Kier molecular flexibility index (Phi) is 6.51. The van der Waals surface area contributed by atoms with E-state index in [0.717, 1.165) is 0 Å². The van der Waals surface area contributed by atoms with Crippen molar-refractivity contribution in [1.82, 2.24) is 5.32 Å². The van der Waals surface area contributed by atoms with E-state index in [1.54, 1.807) is 0 Å². The third-order valence-electron chi connectivity index (χ3n) is 1.65. The van der Waals surface area contributed by atoms with Crippen LogP contribution in [0.15, 0.2) is 0 Å². The highest BCUT2D eigenvalue weighted by atomic mass is 19.4. The first-order chi connectivity index (χ1) is 7.79. The number of carboxylic acids is 1. The average molecular weight is 259 g/mol. The lowest BCUT2D eigenvalue weighted by Gasteiger charge is -2.15. The predicted molar refractivity (Wildman–Crippen MR) is 48.1 cm³/mol. The van der Waals surface area contributed by atoms with Crippen LogP contribution in [0.3, 0.4) is 0 Å². The number of aliphatic carboxylic acids is 1. The molecule has 1 unspecified atom stereocenters. The molecule has 0 aliphatic heterocycles. The molecule has 0 spiro atoms. The van der Waals surface area contributed by atoms with Crippen LogP contribution in [0.25, 0.3) is 0 Å². The Balaban J connectivity index is 4.17. The van der Waals surface area contributed by atoms with Gasteiger partial charge in [-0.15, -0.1) is 0 Å². The number of ether oxygens (including phenoxy) is 1. The Morgan fingerprint density at radius 3 is 2.29 bits per heavy atom. The number of halogens is 3. The summed E-state index contributed by atoms with van der Waals surface area (Å²) in [5.41, 5.74) is 0. The Labute approximate surface area is 94.4 Å². The maximum absolute atomic E-state index is 11.8. The van der Waals surface area contributed by atoms with Crippen molar-refractivity contribution in [2.45, 2.75) is 18.6 Å². The van der Waals surface area contributed by atoms with Gasteiger partial charge >= 0.3 is 18.1 Å². The van der Waals surface area contributed by atoms with E-state index < -0.39 is 24.1 Å². The topological polar surface area (TPSA) is 95.9 Å². The van der Waals surface area contributed by atoms with Gasteiger partial charge in [-0.3, -0.25) is 4.79 Å². The first-order valence-electron chi connectivity index (χ1n) is 4.58. The van der Waals surface area contributed by atoms with Crippen molar-refractivity contribution in [3.05, 3.63) is 0 Å². The second-order valence-corrected chi connectivity index (χ2v) is 2.99. The summed E-state index contributed by atoms with van der Waals surface area (Å²) in [5.74, 6) is -3.90. The molecule has 0 bridgehead atoms. The quantitative estimate of drug-likeness (QED) is 0.536. The number of aliphatic hydroxyl groups is 1. The monoisotopic (exact) mass is 259 g/mol. The fourth-order valence-corrected chi connectivity index (χ4v) is 0.865. The largest absolute Gasteiger partial charge is 0.480 e. The van der Waals surface area contributed by atoms with E-state index in [1.807, 2.05) is 0 Å². The molecule has 3 N–H and O–H groups in total. The summed E-state index contributed by atoms with van der Waals surface area (Å²) < 4.78 is 40.2. The summed E-state index contributed by atoms with van der Waals surface area (Å²) in [7, 11) is 0. The maximum atomic E-state index is 11.8. The van der Waals surface area contributed by atoms with Gasteiger partial charge in [0.25, 0.3) is 0 Å². The molecule has 0 saturated carbocycles. The number of aliphatic hydroxyl groups excluding tert-OH is 1. The van der Waals surface area contributed by atoms with Crippen molar-refractivity contribution in [1.29, 1.82) is 0 Å². The predicted octanol–water partition coefficient (Wildman–Crippen LogP) is -0.483. The highest BCUT2D eigenvalue weighted by Crippen LogP contribution is 2.14. The number of hydrogen-bond acceptors (Lipinski definition) is 4. The highest BCUT2D eigenvalue weighted by molar-refractivity contribution is 5.86. The van der Waals surface area contributed by atoms with Crippen LogP contribution in [0.4, 0.5) is 13.2 Å². The number of hydrogen-bond donors (Lipinski definition) is 3. The van der Waals surface area contributed by atoms with E-state index in [1.165, 1.54) is 5.32 Å². The van der Waals surface area contributed by atoms with Crippen molar-refractivity contribution >= 4 is 11.9 Å². The Morgan fingerprint density at radius 2 is 1.88 bits per heavy atom. The second kappa shape index (κ2) is 7.07. The molecule has 0 aliphatic rings. The van der Waals surface area contributed by atoms with Gasteiger partial charge < -0.3 is 20.3 Å². The standard InChI is InChI=1S/C8H12F3NO5/c9-8(10,11)7(16)12-5(6(14)15)1-3-17-4-2-13/h5,13H,1-4H2,(H,12,16)(H,14,15). The van der Waals surface area contributed by atoms with Crippen LogP contribution in [0.1, 0.15) is 6.42 Å². The van der Waals surface area contributed by atoms with Crippen LogP contribution >= 0.6 is 0 Å². The van der Waals surface area contributed by atoms with E-state index >= 15 is 0 Å². The van der Waals surface area contributed by atoms with Gasteiger partial charge in [-0.05, 0) is 0 Å². The Hall–Kier alpha value is -1.35. The minimum Gasteiger partial charge on any atom is -0.480 e. The van der Waals surface area contributed by atoms with Crippen LogP contribution in [-0.4, -0.2) is 54.1 Å². The summed E-state index contributed by atoms with van der Waals surface area (Å²) in [6.45, 7) is -0.526. The molecule has 1 amide bonds. The molecule has 0 saturated heterocycles. The van der Waals surface area contributed by atoms with Crippen LogP contribution in [0.2, 0.25) is 0 Å². The zero-order chi connectivity index (χ0) is 13.5. The molecule has 17 heavy (non-hydrogen) atoms. The molecule has 0 heterocycles. The first-order valence-corrected chi connectivity index (χ1v) is 4.58. The smallest absolute Gasteiger partial charge is 0.471 e. The minimum atomic E-state index is -5.13. The fourth-order valence-electron chi connectivity index (χ4n) is 0.865. The molecular formula is C8H12F3NO5. The number of carboxylic acid groups (broad SMARTS) is 1. The van der Waals surface area contributed by atoms with Crippen LogP contribution in [0.5, 0.6) is 0 Å². The molecule has 9 heteroatoms. The van der Waals surface area contributed by atoms with Crippen LogP contribution in [0, 0.1) is 0 Å². The molecule has 0 aromatic heterocycles. The Bertz CT molecular complexity index is 268.